The van der Waals surface area contributed by atoms with Gasteiger partial charge in [0, 0.05) is 58.4 Å². The molecular formula is H3Na3Zn3. The predicted octanol–water partition coefficient (Wildman–Crippen LogP) is -8.66. The molecule has 0 aromatic carbocycles. The third-order valence-electron chi connectivity index (χ3n) is 0. The minimum atomic E-state index is 0. The predicted molar refractivity (Wildman–Crippen MR) is 3.34 cm³/mol. The topological polar surface area (TPSA) is 0 Å². The molecule has 0 heterocycles. The summed E-state index contributed by atoms with van der Waals surface area (Å²) >= 11 is 0. The van der Waals surface area contributed by atoms with Gasteiger partial charge in [0.25, 0.3) is 0 Å². The number of hydrogen-bond acceptors (Lipinski definition) is 0. The third kappa shape index (κ3) is 23.2. The maximum absolute atomic E-state index is 0. The van der Waals surface area contributed by atoms with E-state index in [0.29, 0.717) is 0 Å². The van der Waals surface area contributed by atoms with Crippen LogP contribution in [-0.4, -0.2) is 0 Å². The van der Waals surface area contributed by atoms with Crippen molar-refractivity contribution in [3.8, 4) is 0 Å². The van der Waals surface area contributed by atoms with E-state index in [1.54, 1.807) is 0 Å². The summed E-state index contributed by atoms with van der Waals surface area (Å²) in [7, 11) is 0. The van der Waals surface area contributed by atoms with Crippen LogP contribution in [0.4, 0.5) is 0 Å². The van der Waals surface area contributed by atoms with Crippen LogP contribution in [0.3, 0.4) is 0 Å². The molecule has 6 heteroatoms. The van der Waals surface area contributed by atoms with E-state index in [1.807, 2.05) is 0 Å². The third-order valence-corrected chi connectivity index (χ3v) is 0. The zero-order valence-corrected chi connectivity index (χ0v) is 20.0. The molecule has 0 unspecified atom stereocenters. The normalized spacial score (nSPS) is 0. The van der Waals surface area contributed by atoms with Gasteiger partial charge in [0.05, 0.1) is 0 Å². The molecule has 0 aliphatic heterocycles. The number of hydrogen-bond donors (Lipinski definition) is 0. The van der Waals surface area contributed by atoms with E-state index in [4.69, 9.17) is 0 Å². The first-order chi connectivity index (χ1) is 0. The molecular weight excluding hydrogens is 265 g/mol. The second-order valence-electron chi connectivity index (χ2n) is 0. The van der Waals surface area contributed by atoms with Crippen LogP contribution in [0.1, 0.15) is 4.28 Å². The summed E-state index contributed by atoms with van der Waals surface area (Å²) in [5.74, 6) is 0. The van der Waals surface area contributed by atoms with Gasteiger partial charge in [0.2, 0.25) is 0 Å². The number of rotatable bonds is 0. The van der Waals surface area contributed by atoms with Crippen LogP contribution in [0, 0.1) is 0 Å². The first-order valence-corrected chi connectivity index (χ1v) is 0. The van der Waals surface area contributed by atoms with Crippen molar-refractivity contribution in [2.24, 2.45) is 0 Å². The van der Waals surface area contributed by atoms with Crippen molar-refractivity contribution >= 4 is 0 Å². The SMILES string of the molecule is [H-].[H-].[H-].[Na+].[Na+].[Na+].[Zn].[Zn].[Zn]. The van der Waals surface area contributed by atoms with E-state index in [1.165, 1.54) is 0 Å². The van der Waals surface area contributed by atoms with Crippen LogP contribution >= 0.6 is 0 Å². The average molecular weight is 268 g/mol. The molecule has 0 amide bonds. The Balaban J connectivity index is 0. The summed E-state index contributed by atoms with van der Waals surface area (Å²) in [5.41, 5.74) is 0. The van der Waals surface area contributed by atoms with Crippen LogP contribution in [0.25, 0.3) is 0 Å². The molecule has 0 atom stereocenters. The minimum absolute atomic E-state index is 0. The minimum Gasteiger partial charge on any atom is -1.00 e. The Morgan fingerprint density at radius 1 is 0.500 bits per heavy atom. The molecule has 6 heavy (non-hydrogen) atoms. The Hall–Kier alpha value is 4.87. The van der Waals surface area contributed by atoms with Crippen LogP contribution < -0.4 is 88.7 Å². The molecule has 0 spiro atoms. The van der Waals surface area contributed by atoms with Crippen molar-refractivity contribution < 1.29 is 151 Å². The van der Waals surface area contributed by atoms with Gasteiger partial charge in [-0.05, 0) is 0 Å². The monoisotopic (exact) mass is 264 g/mol. The summed E-state index contributed by atoms with van der Waals surface area (Å²) in [5, 5.41) is 0. The summed E-state index contributed by atoms with van der Waals surface area (Å²) in [6.07, 6.45) is 0. The summed E-state index contributed by atoms with van der Waals surface area (Å²) in [6.45, 7) is 0. The molecule has 0 aromatic rings. The average Bonchev–Trinajstić information content (AvgIpc) is 0. The maximum Gasteiger partial charge on any atom is 1.00 e. The molecule has 0 aromatic heterocycles. The Morgan fingerprint density at radius 2 is 0.500 bits per heavy atom. The Bertz CT molecular complexity index is 14.3. The van der Waals surface area contributed by atoms with E-state index < -0.39 is 0 Å². The molecule has 0 N–H and O–H groups in total. The smallest absolute Gasteiger partial charge is 1.00 e. The van der Waals surface area contributed by atoms with Gasteiger partial charge >= 0.3 is 88.7 Å². The zero-order valence-electron chi connectivity index (χ0n) is 8.12. The van der Waals surface area contributed by atoms with Crippen molar-refractivity contribution in [3.05, 3.63) is 0 Å². The standard InChI is InChI=1S/3Na.3Zn.3H/q3*+1;;;;3*-1. The van der Waals surface area contributed by atoms with Crippen molar-refractivity contribution in [2.75, 3.05) is 0 Å². The van der Waals surface area contributed by atoms with E-state index in [2.05, 4.69) is 0 Å². The molecule has 0 aliphatic rings. The van der Waals surface area contributed by atoms with Gasteiger partial charge in [-0.25, -0.2) is 0 Å². The molecule has 0 fully saturated rings. The van der Waals surface area contributed by atoms with Gasteiger partial charge in [0.1, 0.15) is 0 Å². The fraction of sp³-hybridized carbons (Fsp3) is 0. The van der Waals surface area contributed by atoms with Gasteiger partial charge in [-0.2, -0.15) is 0 Å². The molecule has 0 bridgehead atoms. The van der Waals surface area contributed by atoms with Crippen molar-refractivity contribution in [2.45, 2.75) is 0 Å². The van der Waals surface area contributed by atoms with Crippen molar-refractivity contribution in [1.29, 1.82) is 0 Å². The van der Waals surface area contributed by atoms with E-state index in [0.717, 1.165) is 0 Å². The molecule has 0 saturated carbocycles. The molecule has 0 nitrogen and oxygen atoms in total. The fourth-order valence-corrected chi connectivity index (χ4v) is 0. The van der Waals surface area contributed by atoms with Crippen LogP contribution in [-0.2, 0) is 58.4 Å². The van der Waals surface area contributed by atoms with Crippen LogP contribution in [0.15, 0.2) is 0 Å². The Labute approximate surface area is 148 Å². The van der Waals surface area contributed by atoms with E-state index >= 15 is 0 Å². The first kappa shape index (κ1) is 44.6. The fourth-order valence-electron chi connectivity index (χ4n) is 0. The molecule has 12 valence electrons. The molecule has 0 aliphatic carbocycles. The van der Waals surface area contributed by atoms with E-state index in [-0.39, 0.29) is 151 Å². The van der Waals surface area contributed by atoms with Gasteiger partial charge in [0.15, 0.2) is 0 Å². The van der Waals surface area contributed by atoms with E-state index in [9.17, 15) is 0 Å². The van der Waals surface area contributed by atoms with Crippen molar-refractivity contribution in [3.63, 3.8) is 0 Å². The van der Waals surface area contributed by atoms with Crippen LogP contribution in [0.2, 0.25) is 0 Å². The Kier molecular flexibility index (Phi) is 244. The quantitative estimate of drug-likeness (QED) is 0.383. The largest absolute Gasteiger partial charge is 1.00 e. The second kappa shape index (κ2) is 32.7. The summed E-state index contributed by atoms with van der Waals surface area (Å²) in [4.78, 5) is 0. The van der Waals surface area contributed by atoms with Crippen molar-refractivity contribution in [1.82, 2.24) is 0 Å². The zero-order chi connectivity index (χ0) is 0. The first-order valence-electron chi connectivity index (χ1n) is 0. The van der Waals surface area contributed by atoms with Crippen LogP contribution in [0.5, 0.6) is 0 Å². The summed E-state index contributed by atoms with van der Waals surface area (Å²) < 4.78 is 0. The summed E-state index contributed by atoms with van der Waals surface area (Å²) in [6, 6.07) is 0. The molecule has 0 rings (SSSR count). The molecule has 0 radical (unpaired) electrons. The van der Waals surface area contributed by atoms with Gasteiger partial charge in [-0.1, -0.05) is 0 Å². The van der Waals surface area contributed by atoms with Gasteiger partial charge in [-0.3, -0.25) is 0 Å². The van der Waals surface area contributed by atoms with Gasteiger partial charge in [-0.15, -0.1) is 0 Å². The Morgan fingerprint density at radius 3 is 0.500 bits per heavy atom. The maximum atomic E-state index is 0. The second-order valence-corrected chi connectivity index (χ2v) is 0. The molecule has 0 saturated heterocycles. The van der Waals surface area contributed by atoms with Gasteiger partial charge < -0.3 is 4.28 Å².